The maximum atomic E-state index is 11.0. The van der Waals surface area contributed by atoms with Gasteiger partial charge in [0.25, 0.3) is 0 Å². The second-order valence-electron chi connectivity index (χ2n) is 2.64. The predicted molar refractivity (Wildman–Crippen MR) is 65.1 cm³/mol. The van der Waals surface area contributed by atoms with Gasteiger partial charge >= 0.3 is 5.97 Å². The minimum Gasteiger partial charge on any atom is -0.452 e. The summed E-state index contributed by atoms with van der Waals surface area (Å²) >= 11 is 0. The molecule has 1 aromatic heterocycles. The Balaban J connectivity index is 2.06. The molecule has 1 heterocycles. The molecule has 0 aliphatic heterocycles. The average Bonchev–Trinajstić information content (AvgIpc) is 2.33. The van der Waals surface area contributed by atoms with E-state index in [1.54, 1.807) is 6.20 Å². The van der Waals surface area contributed by atoms with Crippen molar-refractivity contribution in [3.63, 3.8) is 0 Å². The van der Waals surface area contributed by atoms with Gasteiger partial charge in [0.05, 0.1) is 0 Å². The zero-order chi connectivity index (χ0) is 11.6. The van der Waals surface area contributed by atoms with Gasteiger partial charge in [-0.25, -0.2) is 9.78 Å². The van der Waals surface area contributed by atoms with Crippen LogP contribution in [0.25, 0.3) is 0 Å². The first-order valence-corrected chi connectivity index (χ1v) is 7.08. The molecule has 88 valence electrons. The Morgan fingerprint density at radius 3 is 3.06 bits per heavy atom. The molecule has 1 rings (SSSR count). The molecule has 0 aliphatic carbocycles. The van der Waals surface area contributed by atoms with Crippen molar-refractivity contribution in [2.75, 3.05) is 19.2 Å². The lowest BCUT2D eigenvalue weighted by Crippen LogP contribution is -2.11. The maximum absolute atomic E-state index is 11.0. The first-order chi connectivity index (χ1) is 7.83. The lowest BCUT2D eigenvalue weighted by molar-refractivity contribution is -0.146. The quantitative estimate of drug-likeness (QED) is 0.324. The fraction of sp³-hybridized carbons (Fsp3) is 0.400. The summed E-state index contributed by atoms with van der Waals surface area (Å²) in [6, 6.07) is 5.67. The molecule has 0 aliphatic rings. The molecule has 0 N–H and O–H groups in total. The Morgan fingerprint density at radius 1 is 1.50 bits per heavy atom. The van der Waals surface area contributed by atoms with Gasteiger partial charge in [-0.1, -0.05) is 6.07 Å². The fourth-order valence-electron chi connectivity index (χ4n) is 0.798. The van der Waals surface area contributed by atoms with E-state index in [1.807, 2.05) is 25.1 Å². The van der Waals surface area contributed by atoms with Gasteiger partial charge in [0, 0.05) is 12.8 Å². The van der Waals surface area contributed by atoms with Crippen molar-refractivity contribution in [2.45, 2.75) is 11.9 Å². The molecule has 0 radical (unpaired) electrons. The summed E-state index contributed by atoms with van der Waals surface area (Å²) in [7, 11) is 2.90. The molecule has 0 atom stereocenters. The first-order valence-electron chi connectivity index (χ1n) is 4.76. The maximum Gasteiger partial charge on any atom is 0.332 e. The summed E-state index contributed by atoms with van der Waals surface area (Å²) < 4.78 is 9.82. The SMILES string of the molecule is CCOCC(=O)OCSSc1ccccn1. The molecule has 16 heavy (non-hydrogen) atoms. The number of nitrogens with zero attached hydrogens (tertiary/aromatic N) is 1. The molecule has 4 nitrogen and oxygen atoms in total. The van der Waals surface area contributed by atoms with Crippen molar-refractivity contribution < 1.29 is 14.3 Å². The van der Waals surface area contributed by atoms with E-state index in [-0.39, 0.29) is 12.6 Å². The molecule has 0 amide bonds. The first kappa shape index (κ1) is 13.3. The van der Waals surface area contributed by atoms with Gasteiger partial charge in [-0.2, -0.15) is 0 Å². The molecule has 0 unspecified atom stereocenters. The summed E-state index contributed by atoms with van der Waals surface area (Å²) in [6.07, 6.45) is 1.73. The summed E-state index contributed by atoms with van der Waals surface area (Å²) in [5.41, 5.74) is 0. The van der Waals surface area contributed by atoms with Crippen LogP contribution in [0.2, 0.25) is 0 Å². The number of carbonyl (C=O) groups is 1. The lowest BCUT2D eigenvalue weighted by Gasteiger charge is -2.03. The molecule has 1 aromatic rings. The second kappa shape index (κ2) is 8.43. The molecule has 0 fully saturated rings. The van der Waals surface area contributed by atoms with Crippen LogP contribution in [-0.4, -0.2) is 30.1 Å². The van der Waals surface area contributed by atoms with Crippen LogP contribution < -0.4 is 0 Å². The number of aromatic nitrogens is 1. The van der Waals surface area contributed by atoms with Crippen molar-refractivity contribution >= 4 is 27.6 Å². The normalized spacial score (nSPS) is 10.1. The zero-order valence-corrected chi connectivity index (χ0v) is 10.6. The lowest BCUT2D eigenvalue weighted by atomic mass is 10.5. The molecule has 0 saturated heterocycles. The highest BCUT2D eigenvalue weighted by Crippen LogP contribution is 2.28. The van der Waals surface area contributed by atoms with Crippen LogP contribution in [-0.2, 0) is 14.3 Å². The van der Waals surface area contributed by atoms with E-state index in [0.717, 1.165) is 5.03 Å². The number of hydrogen-bond donors (Lipinski definition) is 0. The topological polar surface area (TPSA) is 48.4 Å². The third-order valence-electron chi connectivity index (χ3n) is 1.47. The second-order valence-corrected chi connectivity index (χ2v) is 4.90. The molecule has 0 aromatic carbocycles. The highest BCUT2D eigenvalue weighted by Gasteiger charge is 2.02. The number of hydrogen-bond acceptors (Lipinski definition) is 6. The van der Waals surface area contributed by atoms with Gasteiger partial charge in [-0.15, -0.1) is 0 Å². The van der Waals surface area contributed by atoms with Crippen LogP contribution in [0.15, 0.2) is 29.4 Å². The molecular weight excluding hydrogens is 246 g/mol. The van der Waals surface area contributed by atoms with Gasteiger partial charge < -0.3 is 9.47 Å². The summed E-state index contributed by atoms with van der Waals surface area (Å²) in [5, 5.41) is 0.897. The molecular formula is C10H13NO3S2. The van der Waals surface area contributed by atoms with Crippen LogP contribution in [0.1, 0.15) is 6.92 Å². The highest BCUT2D eigenvalue weighted by molar-refractivity contribution is 8.76. The number of ether oxygens (including phenoxy) is 2. The highest BCUT2D eigenvalue weighted by atomic mass is 33.1. The minimum absolute atomic E-state index is 0.0192. The van der Waals surface area contributed by atoms with E-state index >= 15 is 0 Å². The van der Waals surface area contributed by atoms with E-state index in [0.29, 0.717) is 12.5 Å². The average molecular weight is 259 g/mol. The Morgan fingerprint density at radius 2 is 2.38 bits per heavy atom. The predicted octanol–water partition coefficient (Wildman–Crippen LogP) is 2.36. The fourth-order valence-corrected chi connectivity index (χ4v) is 2.33. The Labute approximate surface area is 103 Å². The van der Waals surface area contributed by atoms with Crippen molar-refractivity contribution in [1.29, 1.82) is 0 Å². The van der Waals surface area contributed by atoms with Crippen molar-refractivity contribution in [1.82, 2.24) is 4.98 Å². The van der Waals surface area contributed by atoms with Crippen molar-refractivity contribution in [2.24, 2.45) is 0 Å². The van der Waals surface area contributed by atoms with Gasteiger partial charge in [0.1, 0.15) is 17.6 Å². The molecule has 6 heteroatoms. The van der Waals surface area contributed by atoms with E-state index in [1.165, 1.54) is 21.6 Å². The van der Waals surface area contributed by atoms with Crippen LogP contribution in [0.5, 0.6) is 0 Å². The third-order valence-corrected chi connectivity index (χ3v) is 3.37. The summed E-state index contributed by atoms with van der Waals surface area (Å²) in [4.78, 5) is 15.1. The van der Waals surface area contributed by atoms with Crippen LogP contribution in [0.4, 0.5) is 0 Å². The number of rotatable bonds is 7. The standard InChI is InChI=1S/C10H13NO3S2/c1-2-13-7-10(12)14-8-15-16-9-5-3-4-6-11-9/h3-6H,2,7-8H2,1H3. The third kappa shape index (κ3) is 5.99. The van der Waals surface area contributed by atoms with E-state index < -0.39 is 0 Å². The number of pyridine rings is 1. The van der Waals surface area contributed by atoms with E-state index in [2.05, 4.69) is 4.98 Å². The summed E-state index contributed by atoms with van der Waals surface area (Å²) in [5.74, 6) is -0.0383. The monoisotopic (exact) mass is 259 g/mol. The van der Waals surface area contributed by atoms with Crippen molar-refractivity contribution in [3.8, 4) is 0 Å². The smallest absolute Gasteiger partial charge is 0.332 e. The van der Waals surface area contributed by atoms with E-state index in [9.17, 15) is 4.79 Å². The number of carbonyl (C=O) groups excluding carboxylic acids is 1. The Hall–Kier alpha value is -0.720. The minimum atomic E-state index is -0.337. The molecule has 0 bridgehead atoms. The number of esters is 1. The van der Waals surface area contributed by atoms with Crippen LogP contribution in [0.3, 0.4) is 0 Å². The molecule has 0 saturated carbocycles. The van der Waals surface area contributed by atoms with Crippen LogP contribution in [0, 0.1) is 0 Å². The largest absolute Gasteiger partial charge is 0.452 e. The van der Waals surface area contributed by atoms with Gasteiger partial charge in [-0.05, 0) is 40.6 Å². The summed E-state index contributed by atoms with van der Waals surface area (Å²) in [6.45, 7) is 2.37. The van der Waals surface area contributed by atoms with Gasteiger partial charge in [-0.3, -0.25) is 0 Å². The van der Waals surface area contributed by atoms with Crippen molar-refractivity contribution in [3.05, 3.63) is 24.4 Å². The Bertz CT molecular complexity index is 308. The van der Waals surface area contributed by atoms with Gasteiger partial charge in [0.2, 0.25) is 0 Å². The van der Waals surface area contributed by atoms with Gasteiger partial charge in [0.15, 0.2) is 0 Å². The Kier molecular flexibility index (Phi) is 7.03. The van der Waals surface area contributed by atoms with E-state index in [4.69, 9.17) is 9.47 Å². The molecule has 0 spiro atoms. The van der Waals surface area contributed by atoms with Crippen LogP contribution >= 0.6 is 21.6 Å². The zero-order valence-electron chi connectivity index (χ0n) is 8.92.